The van der Waals surface area contributed by atoms with Crippen molar-refractivity contribution in [3.8, 4) is 0 Å². The summed E-state index contributed by atoms with van der Waals surface area (Å²) < 4.78 is 5.31. The molecule has 3 nitrogen and oxygen atoms in total. The van der Waals surface area contributed by atoms with Gasteiger partial charge >= 0.3 is 0 Å². The van der Waals surface area contributed by atoms with Gasteiger partial charge in [0, 0.05) is 6.54 Å². The second kappa shape index (κ2) is 5.51. The van der Waals surface area contributed by atoms with Gasteiger partial charge in [-0.1, -0.05) is 13.3 Å². The third-order valence-corrected chi connectivity index (χ3v) is 2.23. The van der Waals surface area contributed by atoms with Gasteiger partial charge in [0.2, 0.25) is 0 Å². The highest BCUT2D eigenvalue weighted by atomic mass is 16.6. The van der Waals surface area contributed by atoms with Gasteiger partial charge in [-0.05, 0) is 25.9 Å². The molecule has 1 heterocycles. The Kier molecular flexibility index (Phi) is 4.58. The minimum Gasteiger partial charge on any atom is -0.368 e. The van der Waals surface area contributed by atoms with Crippen LogP contribution in [-0.4, -0.2) is 31.8 Å². The van der Waals surface area contributed by atoms with Crippen molar-refractivity contribution in [3.63, 3.8) is 0 Å². The molecule has 1 aliphatic heterocycles. The van der Waals surface area contributed by atoms with Crippen LogP contribution >= 0.6 is 0 Å². The quantitative estimate of drug-likeness (QED) is 0.434. The van der Waals surface area contributed by atoms with Crippen LogP contribution in [0.1, 0.15) is 26.2 Å². The lowest BCUT2D eigenvalue weighted by Crippen LogP contribution is -2.19. The maximum Gasteiger partial charge on any atom is 0.0964 e. The number of hydrogen-bond acceptors (Lipinski definition) is 3. The molecule has 0 aromatic rings. The SMILES string of the molecule is CCCCNCCC1OC1CN. The van der Waals surface area contributed by atoms with Crippen LogP contribution in [0.4, 0.5) is 0 Å². The fraction of sp³-hybridized carbons (Fsp3) is 1.00. The molecule has 0 aromatic heterocycles. The topological polar surface area (TPSA) is 50.6 Å². The number of unbranched alkanes of at least 4 members (excludes halogenated alkanes) is 1. The summed E-state index contributed by atoms with van der Waals surface area (Å²) in [5.74, 6) is 0. The molecule has 0 spiro atoms. The first-order valence-electron chi connectivity index (χ1n) is 4.94. The molecule has 1 aliphatic rings. The van der Waals surface area contributed by atoms with E-state index in [1.807, 2.05) is 0 Å². The standard InChI is InChI=1S/C9H20N2O/c1-2-3-5-11-6-4-8-9(7-10)12-8/h8-9,11H,2-7,10H2,1H3. The molecular weight excluding hydrogens is 152 g/mol. The average molecular weight is 172 g/mol. The summed E-state index contributed by atoms with van der Waals surface area (Å²) in [5, 5.41) is 3.38. The Morgan fingerprint density at radius 3 is 2.75 bits per heavy atom. The summed E-state index contributed by atoms with van der Waals surface area (Å²) in [6, 6.07) is 0. The number of rotatable bonds is 7. The first-order valence-corrected chi connectivity index (χ1v) is 4.94. The van der Waals surface area contributed by atoms with Gasteiger partial charge in [0.15, 0.2) is 0 Å². The third kappa shape index (κ3) is 3.52. The lowest BCUT2D eigenvalue weighted by molar-refractivity contribution is 0.362. The van der Waals surface area contributed by atoms with E-state index in [0.29, 0.717) is 18.8 Å². The van der Waals surface area contributed by atoms with E-state index >= 15 is 0 Å². The molecule has 0 aliphatic carbocycles. The molecule has 1 rings (SSSR count). The summed E-state index contributed by atoms with van der Waals surface area (Å²) in [6.45, 7) is 5.09. The molecule has 12 heavy (non-hydrogen) atoms. The third-order valence-electron chi connectivity index (χ3n) is 2.23. The Morgan fingerprint density at radius 1 is 1.33 bits per heavy atom. The van der Waals surface area contributed by atoms with Gasteiger partial charge in [-0.25, -0.2) is 0 Å². The van der Waals surface area contributed by atoms with Gasteiger partial charge in [0.1, 0.15) is 0 Å². The minimum absolute atomic E-state index is 0.359. The predicted molar refractivity (Wildman–Crippen MR) is 50.1 cm³/mol. The Morgan fingerprint density at radius 2 is 2.17 bits per heavy atom. The highest BCUT2D eigenvalue weighted by molar-refractivity contribution is 4.85. The Balaban J connectivity index is 1.78. The predicted octanol–water partition coefficient (Wildman–Crippen LogP) is 0.492. The molecular formula is C9H20N2O. The van der Waals surface area contributed by atoms with Crippen molar-refractivity contribution < 1.29 is 4.74 Å². The lowest BCUT2D eigenvalue weighted by Gasteiger charge is -2.00. The molecule has 0 amide bonds. The normalized spacial score (nSPS) is 27.5. The van der Waals surface area contributed by atoms with Gasteiger partial charge in [-0.15, -0.1) is 0 Å². The first-order chi connectivity index (χ1) is 5.88. The molecule has 2 atom stereocenters. The average Bonchev–Trinajstić information content (AvgIpc) is 2.83. The molecule has 3 N–H and O–H groups in total. The molecule has 1 fully saturated rings. The molecule has 0 aromatic carbocycles. The summed E-state index contributed by atoms with van der Waals surface area (Å²) >= 11 is 0. The second-order valence-corrected chi connectivity index (χ2v) is 3.34. The van der Waals surface area contributed by atoms with E-state index in [1.165, 1.54) is 12.8 Å². The van der Waals surface area contributed by atoms with Crippen molar-refractivity contribution in [1.29, 1.82) is 0 Å². The summed E-state index contributed by atoms with van der Waals surface area (Å²) in [7, 11) is 0. The smallest absolute Gasteiger partial charge is 0.0964 e. The van der Waals surface area contributed by atoms with E-state index in [0.717, 1.165) is 19.5 Å². The zero-order chi connectivity index (χ0) is 8.81. The van der Waals surface area contributed by atoms with E-state index in [1.54, 1.807) is 0 Å². The number of hydrogen-bond donors (Lipinski definition) is 2. The van der Waals surface area contributed by atoms with Crippen LogP contribution in [-0.2, 0) is 4.74 Å². The summed E-state index contributed by atoms with van der Waals surface area (Å²) in [5.41, 5.74) is 5.43. The summed E-state index contributed by atoms with van der Waals surface area (Å²) in [6.07, 6.45) is 4.46. The van der Waals surface area contributed by atoms with Gasteiger partial charge in [0.25, 0.3) is 0 Å². The number of epoxide rings is 1. The van der Waals surface area contributed by atoms with Crippen LogP contribution in [0.15, 0.2) is 0 Å². The molecule has 1 saturated heterocycles. The van der Waals surface area contributed by atoms with Crippen molar-refractivity contribution >= 4 is 0 Å². The van der Waals surface area contributed by atoms with Gasteiger partial charge in [-0.3, -0.25) is 0 Å². The van der Waals surface area contributed by atoms with Crippen molar-refractivity contribution in [3.05, 3.63) is 0 Å². The van der Waals surface area contributed by atoms with Crippen LogP contribution in [0.25, 0.3) is 0 Å². The molecule has 0 saturated carbocycles. The maximum absolute atomic E-state index is 5.43. The Labute approximate surface area is 74.7 Å². The summed E-state index contributed by atoms with van der Waals surface area (Å²) in [4.78, 5) is 0. The Hall–Kier alpha value is -0.120. The molecule has 3 heteroatoms. The highest BCUT2D eigenvalue weighted by Crippen LogP contribution is 2.23. The molecule has 0 radical (unpaired) electrons. The van der Waals surface area contributed by atoms with Crippen LogP contribution in [0, 0.1) is 0 Å². The fourth-order valence-corrected chi connectivity index (χ4v) is 1.31. The number of nitrogens with two attached hydrogens (primary N) is 1. The molecule has 2 unspecified atom stereocenters. The zero-order valence-corrected chi connectivity index (χ0v) is 7.88. The van der Waals surface area contributed by atoms with E-state index in [9.17, 15) is 0 Å². The van der Waals surface area contributed by atoms with Crippen LogP contribution in [0.5, 0.6) is 0 Å². The highest BCUT2D eigenvalue weighted by Gasteiger charge is 2.36. The molecule has 72 valence electrons. The van der Waals surface area contributed by atoms with Crippen LogP contribution in [0.3, 0.4) is 0 Å². The van der Waals surface area contributed by atoms with Gasteiger partial charge in [-0.2, -0.15) is 0 Å². The maximum atomic E-state index is 5.43. The zero-order valence-electron chi connectivity index (χ0n) is 7.88. The van der Waals surface area contributed by atoms with Crippen molar-refractivity contribution in [2.24, 2.45) is 5.73 Å². The molecule has 0 bridgehead atoms. The van der Waals surface area contributed by atoms with Crippen molar-refractivity contribution in [2.45, 2.75) is 38.4 Å². The fourth-order valence-electron chi connectivity index (χ4n) is 1.31. The van der Waals surface area contributed by atoms with Crippen LogP contribution in [0.2, 0.25) is 0 Å². The number of nitrogens with one attached hydrogen (secondary N) is 1. The Bertz CT molecular complexity index is 119. The second-order valence-electron chi connectivity index (χ2n) is 3.34. The van der Waals surface area contributed by atoms with E-state index < -0.39 is 0 Å². The van der Waals surface area contributed by atoms with Crippen molar-refractivity contribution in [2.75, 3.05) is 19.6 Å². The van der Waals surface area contributed by atoms with Crippen molar-refractivity contribution in [1.82, 2.24) is 5.32 Å². The lowest BCUT2D eigenvalue weighted by atomic mass is 10.2. The van der Waals surface area contributed by atoms with Crippen LogP contribution < -0.4 is 11.1 Å². The van der Waals surface area contributed by atoms with Gasteiger partial charge in [0.05, 0.1) is 12.2 Å². The van der Waals surface area contributed by atoms with E-state index in [4.69, 9.17) is 10.5 Å². The first kappa shape index (κ1) is 9.96. The largest absolute Gasteiger partial charge is 0.368 e. The minimum atomic E-state index is 0.359. The van der Waals surface area contributed by atoms with Gasteiger partial charge < -0.3 is 15.8 Å². The van der Waals surface area contributed by atoms with E-state index in [2.05, 4.69) is 12.2 Å². The number of ether oxygens (including phenoxy) is 1. The van der Waals surface area contributed by atoms with E-state index in [-0.39, 0.29) is 0 Å². The monoisotopic (exact) mass is 172 g/mol.